The zero-order valence-electron chi connectivity index (χ0n) is 47.2. The van der Waals surface area contributed by atoms with Crippen molar-refractivity contribution in [2.45, 2.75) is 0 Å². The summed E-state index contributed by atoms with van der Waals surface area (Å²) in [4.78, 5) is 0. The summed E-state index contributed by atoms with van der Waals surface area (Å²) in [6.07, 6.45) is 0. The maximum Gasteiger partial charge on any atom is 0.0541 e. The van der Waals surface area contributed by atoms with Crippen LogP contribution in [0.1, 0.15) is 0 Å². The molecule has 18 rings (SSSR count). The first-order chi connectivity index (χ1) is 43.1. The summed E-state index contributed by atoms with van der Waals surface area (Å²) in [6, 6.07) is 116. The third-order valence-corrected chi connectivity index (χ3v) is 20.6. The molecule has 3 aromatic heterocycles. The molecule has 18 aromatic rings. The van der Waals surface area contributed by atoms with E-state index in [0.717, 1.165) is 16.7 Å². The fraction of sp³-hybridized carbons (Fsp3) is 0. The molecule has 0 aliphatic carbocycles. The molecule has 0 atom stereocenters. The Kier molecular flexibility index (Phi) is 11.4. The normalized spacial score (nSPS) is 11.9. The minimum atomic E-state index is 1.12. The first kappa shape index (κ1) is 49.7. The van der Waals surface area contributed by atoms with Crippen molar-refractivity contribution >= 4 is 117 Å². The number of thiophene rings is 2. The standard InChI is InChI=1S/C84H51NS2/c1-5-18-52(19-6-1)57-35-40-81-75(44-57)77-50-62(54-22-9-3-10-23-54)48-70(83(77)86-81)60-33-38-79-73(46-60)74-47-61(71-49-63(55-24-11-4-12-25-55)51-78-76-45-58(53-20-7-2-8-21-53)36-41-82(76)87-84(71)78)34-39-80(74)85(79)64-27-17-26-56(42-64)59-32-37-69-67-30-14-13-28-65(67)66-29-15-16-31-68(66)72(69)43-59/h1-51H. The van der Waals surface area contributed by atoms with Gasteiger partial charge in [-0.15, -0.1) is 22.7 Å². The van der Waals surface area contributed by atoms with Crippen LogP contribution in [0.25, 0.3) is 178 Å². The number of nitrogens with zero attached hydrogens (tertiary/aromatic N) is 1. The summed E-state index contributed by atoms with van der Waals surface area (Å²) >= 11 is 3.80. The van der Waals surface area contributed by atoms with Crippen LogP contribution in [-0.4, -0.2) is 4.57 Å². The van der Waals surface area contributed by atoms with Crippen LogP contribution in [0, 0.1) is 0 Å². The summed E-state index contributed by atoms with van der Waals surface area (Å²) in [7, 11) is 0. The Morgan fingerprint density at radius 3 is 0.989 bits per heavy atom. The Morgan fingerprint density at radius 1 is 0.184 bits per heavy atom. The van der Waals surface area contributed by atoms with Crippen LogP contribution >= 0.6 is 22.7 Å². The molecular formula is C84H51NS2. The predicted molar refractivity (Wildman–Crippen MR) is 377 cm³/mol. The van der Waals surface area contributed by atoms with Crippen molar-refractivity contribution in [1.82, 2.24) is 4.57 Å². The third-order valence-electron chi connectivity index (χ3n) is 18.1. The molecule has 0 bridgehead atoms. The van der Waals surface area contributed by atoms with Gasteiger partial charge in [0.2, 0.25) is 0 Å². The van der Waals surface area contributed by atoms with Gasteiger partial charge in [-0.25, -0.2) is 0 Å². The average Bonchev–Trinajstić information content (AvgIpc) is 2.66. The largest absolute Gasteiger partial charge is 0.309 e. The van der Waals surface area contributed by atoms with Gasteiger partial charge in [-0.05, 0) is 190 Å². The van der Waals surface area contributed by atoms with Crippen LogP contribution in [-0.2, 0) is 0 Å². The van der Waals surface area contributed by atoms with E-state index in [-0.39, 0.29) is 0 Å². The van der Waals surface area contributed by atoms with E-state index in [1.165, 1.54) is 161 Å². The molecule has 0 aliphatic heterocycles. The van der Waals surface area contributed by atoms with Crippen molar-refractivity contribution in [1.29, 1.82) is 0 Å². The van der Waals surface area contributed by atoms with E-state index in [1.54, 1.807) is 0 Å². The van der Waals surface area contributed by atoms with Gasteiger partial charge in [-0.1, -0.05) is 218 Å². The summed E-state index contributed by atoms with van der Waals surface area (Å²) < 4.78 is 7.67. The van der Waals surface area contributed by atoms with Crippen LogP contribution in [0.3, 0.4) is 0 Å². The molecule has 3 heteroatoms. The van der Waals surface area contributed by atoms with E-state index in [0.29, 0.717) is 0 Å². The van der Waals surface area contributed by atoms with Crippen LogP contribution in [0.5, 0.6) is 0 Å². The van der Waals surface area contributed by atoms with Gasteiger partial charge < -0.3 is 4.57 Å². The van der Waals surface area contributed by atoms with Crippen molar-refractivity contribution in [2.75, 3.05) is 0 Å². The van der Waals surface area contributed by atoms with E-state index < -0.39 is 0 Å². The van der Waals surface area contributed by atoms with E-state index in [2.05, 4.69) is 314 Å². The molecule has 0 aliphatic rings. The second-order valence-electron chi connectivity index (χ2n) is 23.1. The predicted octanol–water partition coefficient (Wildman–Crippen LogP) is 24.6. The molecule has 0 unspecified atom stereocenters. The van der Waals surface area contributed by atoms with Gasteiger partial charge in [0.1, 0.15) is 0 Å². The van der Waals surface area contributed by atoms with Crippen molar-refractivity contribution in [3.8, 4) is 83.6 Å². The third kappa shape index (κ3) is 8.19. The maximum absolute atomic E-state index is 2.51. The van der Waals surface area contributed by atoms with Crippen LogP contribution in [0.4, 0.5) is 0 Å². The fourth-order valence-electron chi connectivity index (χ4n) is 13.9. The van der Waals surface area contributed by atoms with Gasteiger partial charge in [0.05, 0.1) is 11.0 Å². The molecule has 404 valence electrons. The minimum Gasteiger partial charge on any atom is -0.309 e. The van der Waals surface area contributed by atoms with Crippen LogP contribution in [0.15, 0.2) is 309 Å². The molecule has 0 saturated heterocycles. The molecule has 3 heterocycles. The van der Waals surface area contributed by atoms with Crippen molar-refractivity contribution in [2.24, 2.45) is 0 Å². The van der Waals surface area contributed by atoms with E-state index in [4.69, 9.17) is 0 Å². The molecule has 15 aromatic carbocycles. The van der Waals surface area contributed by atoms with E-state index >= 15 is 0 Å². The zero-order valence-corrected chi connectivity index (χ0v) is 48.8. The number of fused-ring (bicyclic) bond motifs is 15. The van der Waals surface area contributed by atoms with Gasteiger partial charge in [0.15, 0.2) is 0 Å². The van der Waals surface area contributed by atoms with Gasteiger partial charge in [0, 0.05) is 67.9 Å². The summed E-state index contributed by atoms with van der Waals surface area (Å²) in [6.45, 7) is 0. The highest BCUT2D eigenvalue weighted by Crippen LogP contribution is 2.49. The Hall–Kier alpha value is -10.7. The Bertz CT molecular complexity index is 5500. The highest BCUT2D eigenvalue weighted by Gasteiger charge is 2.22. The molecule has 0 N–H and O–H groups in total. The highest BCUT2D eigenvalue weighted by atomic mass is 32.1. The molecule has 87 heavy (non-hydrogen) atoms. The minimum absolute atomic E-state index is 1.12. The molecule has 0 saturated carbocycles. The van der Waals surface area contributed by atoms with Gasteiger partial charge in [-0.3, -0.25) is 0 Å². The second kappa shape index (κ2) is 20.0. The van der Waals surface area contributed by atoms with Crippen molar-refractivity contribution < 1.29 is 0 Å². The highest BCUT2D eigenvalue weighted by molar-refractivity contribution is 7.26. The second-order valence-corrected chi connectivity index (χ2v) is 25.2. The van der Waals surface area contributed by atoms with E-state index in [9.17, 15) is 0 Å². The van der Waals surface area contributed by atoms with Gasteiger partial charge in [-0.2, -0.15) is 0 Å². The molecule has 0 fully saturated rings. The lowest BCUT2D eigenvalue weighted by Crippen LogP contribution is -1.94. The smallest absolute Gasteiger partial charge is 0.0541 e. The molecule has 0 spiro atoms. The van der Waals surface area contributed by atoms with Crippen molar-refractivity contribution in [3.05, 3.63) is 309 Å². The summed E-state index contributed by atoms with van der Waals surface area (Å²) in [5.41, 5.74) is 20.4. The lowest BCUT2D eigenvalue weighted by atomic mass is 9.92. The SMILES string of the molecule is c1ccc(-c2ccc3sc4c(-c5ccc6c(c5)c5cc(-c7cc(-c8ccccc8)cc8c7sc7ccc(-c9ccccc9)cc78)ccc5n6-c5cccc(-c6ccc7c8ccccc8c8ccccc8c7c6)c5)cc(-c5ccccc5)cc4c3c2)cc1. The summed E-state index contributed by atoms with van der Waals surface area (Å²) in [5, 5.41) is 15.2. The number of aromatic nitrogens is 1. The average molecular weight is 1140 g/mol. The quantitative estimate of drug-likeness (QED) is 0.134. The molecule has 1 nitrogen and oxygen atoms in total. The lowest BCUT2D eigenvalue weighted by Gasteiger charge is -2.14. The summed E-state index contributed by atoms with van der Waals surface area (Å²) in [5.74, 6) is 0. The lowest BCUT2D eigenvalue weighted by molar-refractivity contribution is 1.18. The first-order valence-electron chi connectivity index (χ1n) is 29.9. The molecule has 0 amide bonds. The van der Waals surface area contributed by atoms with Gasteiger partial charge >= 0.3 is 0 Å². The van der Waals surface area contributed by atoms with Crippen LogP contribution < -0.4 is 0 Å². The van der Waals surface area contributed by atoms with E-state index in [1.807, 2.05) is 22.7 Å². The number of benzene rings is 15. The maximum atomic E-state index is 2.51. The monoisotopic (exact) mass is 1140 g/mol. The molecule has 0 radical (unpaired) electrons. The number of rotatable bonds is 8. The van der Waals surface area contributed by atoms with Crippen LogP contribution in [0.2, 0.25) is 0 Å². The fourth-order valence-corrected chi connectivity index (χ4v) is 16.3. The zero-order chi connectivity index (χ0) is 57.1. The number of hydrogen-bond donors (Lipinski definition) is 0. The Labute approximate surface area is 511 Å². The number of hydrogen-bond acceptors (Lipinski definition) is 2. The topological polar surface area (TPSA) is 4.93 Å². The Balaban J connectivity index is 0.873. The first-order valence-corrected chi connectivity index (χ1v) is 31.5. The van der Waals surface area contributed by atoms with Crippen molar-refractivity contribution in [3.63, 3.8) is 0 Å². The molecular weight excluding hydrogens is 1090 g/mol. The van der Waals surface area contributed by atoms with Gasteiger partial charge in [0.25, 0.3) is 0 Å². The Morgan fingerprint density at radius 2 is 0.517 bits per heavy atom.